The van der Waals surface area contributed by atoms with Crippen molar-refractivity contribution in [3.8, 4) is 0 Å². The Bertz CT molecular complexity index is 1250. The van der Waals surface area contributed by atoms with Gasteiger partial charge in [0.15, 0.2) is 0 Å². The average molecular weight is 608 g/mol. The number of ether oxygens (including phenoxy) is 1. The predicted octanol–water partition coefficient (Wildman–Crippen LogP) is 4.37. The molecule has 1 aliphatic rings. The summed E-state index contributed by atoms with van der Waals surface area (Å²) in [7, 11) is 0. The zero-order valence-corrected chi connectivity index (χ0v) is 27.0. The minimum atomic E-state index is -1.09. The Morgan fingerprint density at radius 3 is 2.07 bits per heavy atom. The first kappa shape index (κ1) is 34.8. The molecule has 2 aromatic carbocycles. The molecule has 1 aliphatic heterocycles. The fourth-order valence-corrected chi connectivity index (χ4v) is 5.32. The summed E-state index contributed by atoms with van der Waals surface area (Å²) in [5, 5.41) is 17.4. The lowest BCUT2D eigenvalue weighted by Gasteiger charge is -2.33. The predicted molar refractivity (Wildman–Crippen MR) is 170 cm³/mol. The maximum absolute atomic E-state index is 13.9. The van der Waals surface area contributed by atoms with Crippen molar-refractivity contribution in [1.29, 1.82) is 0 Å². The summed E-state index contributed by atoms with van der Waals surface area (Å²) in [5.74, 6) is -1.29. The zero-order valence-electron chi connectivity index (χ0n) is 27.0. The number of likely N-dealkylation sites (tertiary alicyclic amines) is 1. The second-order valence-electron chi connectivity index (χ2n) is 13.2. The van der Waals surface area contributed by atoms with Crippen LogP contribution in [0, 0.1) is 18.8 Å². The summed E-state index contributed by atoms with van der Waals surface area (Å²) in [6.07, 6.45) is -0.385. The summed E-state index contributed by atoms with van der Waals surface area (Å²) in [5.41, 5.74) is 2.20. The van der Waals surface area contributed by atoms with Crippen LogP contribution in [0.15, 0.2) is 54.6 Å². The van der Waals surface area contributed by atoms with E-state index in [0.717, 1.165) is 16.7 Å². The van der Waals surface area contributed by atoms with Crippen LogP contribution in [0.2, 0.25) is 0 Å². The fourth-order valence-electron chi connectivity index (χ4n) is 5.32. The monoisotopic (exact) mass is 607 g/mol. The third-order valence-electron chi connectivity index (χ3n) is 7.83. The average Bonchev–Trinajstić information content (AvgIpc) is 2.95. The molecule has 0 unspecified atom stereocenters. The minimum absolute atomic E-state index is 0.0459. The first-order valence-electron chi connectivity index (χ1n) is 15.6. The lowest BCUT2D eigenvalue weighted by Crippen LogP contribution is -2.54. The van der Waals surface area contributed by atoms with E-state index < -0.39 is 35.8 Å². The number of nitrogens with zero attached hydrogens (tertiary/aromatic N) is 1. The van der Waals surface area contributed by atoms with Crippen LogP contribution in [0.25, 0.3) is 0 Å². The second kappa shape index (κ2) is 15.8. The highest BCUT2D eigenvalue weighted by atomic mass is 16.6. The SMILES string of the molecule is Cc1ccc(C[C@H](C[C@H](O)[C@H](Cc2ccccc2)NC(=O)OC(C)(C)C)C(=O)N[C@H](C(=O)N2CCC(=O)CC2)C(C)C)cc1. The quantitative estimate of drug-likeness (QED) is 0.329. The van der Waals surface area contributed by atoms with E-state index in [9.17, 15) is 24.3 Å². The largest absolute Gasteiger partial charge is 0.444 e. The molecule has 3 amide bonds. The normalized spacial score (nSPS) is 16.5. The third kappa shape index (κ3) is 11.1. The molecule has 3 rings (SSSR count). The van der Waals surface area contributed by atoms with E-state index in [1.165, 1.54) is 0 Å². The zero-order chi connectivity index (χ0) is 32.4. The summed E-state index contributed by atoms with van der Waals surface area (Å²) in [6, 6.07) is 15.9. The van der Waals surface area contributed by atoms with Gasteiger partial charge in [-0.05, 0) is 64.0 Å². The molecule has 4 atom stereocenters. The first-order chi connectivity index (χ1) is 20.7. The van der Waals surface area contributed by atoms with E-state index in [-0.39, 0.29) is 29.9 Å². The van der Waals surface area contributed by atoms with Crippen molar-refractivity contribution in [3.05, 3.63) is 71.3 Å². The Kier molecular flexibility index (Phi) is 12.5. The molecule has 9 nitrogen and oxygen atoms in total. The van der Waals surface area contributed by atoms with Crippen LogP contribution in [-0.4, -0.2) is 70.6 Å². The topological polar surface area (TPSA) is 125 Å². The number of Topliss-reactive ketones (excluding diaryl/α,β-unsaturated/α-hetero) is 1. The Morgan fingerprint density at radius 2 is 1.50 bits per heavy atom. The van der Waals surface area contributed by atoms with Crippen LogP contribution in [0.3, 0.4) is 0 Å². The first-order valence-corrected chi connectivity index (χ1v) is 15.6. The number of ketones is 1. The molecule has 3 N–H and O–H groups in total. The van der Waals surface area contributed by atoms with Crippen LogP contribution in [-0.2, 0) is 32.0 Å². The molecular formula is C35H49N3O6. The molecule has 0 saturated carbocycles. The van der Waals surface area contributed by atoms with Gasteiger partial charge in [0.05, 0.1) is 12.1 Å². The van der Waals surface area contributed by atoms with E-state index in [1.807, 2.05) is 75.4 Å². The number of benzene rings is 2. The summed E-state index contributed by atoms with van der Waals surface area (Å²) in [6.45, 7) is 11.7. The molecule has 0 radical (unpaired) electrons. The van der Waals surface area contributed by atoms with Crippen molar-refractivity contribution in [2.45, 2.75) is 97.4 Å². The number of rotatable bonds is 12. The molecule has 0 aromatic heterocycles. The molecule has 1 heterocycles. The van der Waals surface area contributed by atoms with Gasteiger partial charge in [0.1, 0.15) is 17.4 Å². The van der Waals surface area contributed by atoms with Gasteiger partial charge in [-0.15, -0.1) is 0 Å². The smallest absolute Gasteiger partial charge is 0.407 e. The van der Waals surface area contributed by atoms with E-state index in [0.29, 0.717) is 38.8 Å². The lowest BCUT2D eigenvalue weighted by atomic mass is 9.88. The third-order valence-corrected chi connectivity index (χ3v) is 7.83. The van der Waals surface area contributed by atoms with Crippen LogP contribution in [0.4, 0.5) is 4.79 Å². The van der Waals surface area contributed by atoms with E-state index in [4.69, 9.17) is 4.74 Å². The Morgan fingerprint density at radius 1 is 0.909 bits per heavy atom. The number of aliphatic hydroxyl groups excluding tert-OH is 1. The number of aryl methyl sites for hydroxylation is 1. The number of amides is 3. The lowest BCUT2D eigenvalue weighted by molar-refractivity contribution is -0.141. The molecule has 0 aliphatic carbocycles. The van der Waals surface area contributed by atoms with Crippen LogP contribution in [0.5, 0.6) is 0 Å². The number of piperidine rings is 1. The number of nitrogens with one attached hydrogen (secondary N) is 2. The molecule has 1 saturated heterocycles. The number of carbonyl (C=O) groups excluding carboxylic acids is 4. The van der Waals surface area contributed by atoms with Gasteiger partial charge in [0.2, 0.25) is 11.8 Å². The van der Waals surface area contributed by atoms with Gasteiger partial charge in [-0.25, -0.2) is 4.79 Å². The fraction of sp³-hybridized carbons (Fsp3) is 0.543. The molecule has 44 heavy (non-hydrogen) atoms. The van der Waals surface area contributed by atoms with E-state index >= 15 is 0 Å². The molecule has 9 heteroatoms. The van der Waals surface area contributed by atoms with Gasteiger partial charge < -0.3 is 25.4 Å². The van der Waals surface area contributed by atoms with Crippen LogP contribution in [0.1, 0.15) is 70.6 Å². The number of carbonyl (C=O) groups is 4. The maximum Gasteiger partial charge on any atom is 0.407 e. The molecule has 0 spiro atoms. The Labute approximate surface area is 261 Å². The van der Waals surface area contributed by atoms with Crippen molar-refractivity contribution >= 4 is 23.7 Å². The summed E-state index contributed by atoms with van der Waals surface area (Å²) in [4.78, 5) is 53.6. The maximum atomic E-state index is 13.9. The number of hydrogen-bond acceptors (Lipinski definition) is 6. The van der Waals surface area contributed by atoms with Crippen LogP contribution < -0.4 is 10.6 Å². The van der Waals surface area contributed by atoms with Gasteiger partial charge in [-0.2, -0.15) is 0 Å². The van der Waals surface area contributed by atoms with Gasteiger partial charge >= 0.3 is 6.09 Å². The molecule has 2 aromatic rings. The number of hydrogen-bond donors (Lipinski definition) is 3. The van der Waals surface area contributed by atoms with Crippen molar-refractivity contribution < 1.29 is 29.0 Å². The number of alkyl carbamates (subject to hydrolysis) is 1. The highest BCUT2D eigenvalue weighted by molar-refractivity contribution is 5.90. The molecule has 0 bridgehead atoms. The van der Waals surface area contributed by atoms with Crippen molar-refractivity contribution in [2.75, 3.05) is 13.1 Å². The van der Waals surface area contributed by atoms with Gasteiger partial charge in [-0.3, -0.25) is 14.4 Å². The van der Waals surface area contributed by atoms with Crippen molar-refractivity contribution in [1.82, 2.24) is 15.5 Å². The summed E-state index contributed by atoms with van der Waals surface area (Å²) < 4.78 is 5.48. The minimum Gasteiger partial charge on any atom is -0.444 e. The molecular weight excluding hydrogens is 558 g/mol. The second-order valence-corrected chi connectivity index (χ2v) is 13.2. The summed E-state index contributed by atoms with van der Waals surface area (Å²) >= 11 is 0. The Balaban J connectivity index is 1.84. The van der Waals surface area contributed by atoms with Crippen molar-refractivity contribution in [2.24, 2.45) is 11.8 Å². The van der Waals surface area contributed by atoms with E-state index in [1.54, 1.807) is 25.7 Å². The van der Waals surface area contributed by atoms with Gasteiger partial charge in [0.25, 0.3) is 0 Å². The number of aliphatic hydroxyl groups is 1. The molecule has 240 valence electrons. The van der Waals surface area contributed by atoms with E-state index in [2.05, 4.69) is 10.6 Å². The Hall–Kier alpha value is -3.72. The highest BCUT2D eigenvalue weighted by Gasteiger charge is 2.35. The van der Waals surface area contributed by atoms with Gasteiger partial charge in [0, 0.05) is 31.8 Å². The standard InChI is InChI=1S/C35H49N3O6/c1-23(2)31(33(42)38-18-16-28(39)17-19-38)37-32(41)27(20-26-14-12-24(3)13-15-26)22-30(40)29(21-25-10-8-7-9-11-25)36-34(43)44-35(4,5)6/h7-15,23,27,29-31,40H,16-22H2,1-6H3,(H,36,43)(H,37,41)/t27-,29+,30+,31+/m1/s1. The highest BCUT2D eigenvalue weighted by Crippen LogP contribution is 2.21. The van der Waals surface area contributed by atoms with Crippen molar-refractivity contribution in [3.63, 3.8) is 0 Å². The molecule has 1 fully saturated rings. The van der Waals surface area contributed by atoms with Crippen LogP contribution >= 0.6 is 0 Å². The van der Waals surface area contributed by atoms with Gasteiger partial charge in [-0.1, -0.05) is 74.0 Å².